The highest BCUT2D eigenvalue weighted by atomic mass is 16.4. The lowest BCUT2D eigenvalue weighted by atomic mass is 10.1. The van der Waals surface area contributed by atoms with Gasteiger partial charge in [0.1, 0.15) is 0 Å². The average molecular weight is 229 g/mol. The maximum Gasteiger partial charge on any atom is 0.307 e. The van der Waals surface area contributed by atoms with E-state index >= 15 is 0 Å². The van der Waals surface area contributed by atoms with Gasteiger partial charge in [0.2, 0.25) is 5.91 Å². The highest BCUT2D eigenvalue weighted by Gasteiger charge is 2.48. The molecule has 0 aromatic rings. The minimum absolute atomic E-state index is 0.149. The van der Waals surface area contributed by atoms with Gasteiger partial charge in [0.15, 0.2) is 0 Å². The zero-order valence-corrected chi connectivity index (χ0v) is 9.48. The second kappa shape index (κ2) is 5.84. The second-order valence-corrected chi connectivity index (χ2v) is 4.51. The van der Waals surface area contributed by atoms with Crippen LogP contribution >= 0.6 is 0 Å². The Hall–Kier alpha value is -1.10. The van der Waals surface area contributed by atoms with Crippen LogP contribution in [-0.2, 0) is 9.59 Å². The van der Waals surface area contributed by atoms with E-state index in [0.29, 0.717) is 13.0 Å². The topological polar surface area (TPSA) is 86.6 Å². The summed E-state index contributed by atoms with van der Waals surface area (Å²) < 4.78 is 0. The third-order valence-electron chi connectivity index (χ3n) is 2.93. The van der Waals surface area contributed by atoms with Gasteiger partial charge in [-0.25, -0.2) is 0 Å². The molecule has 16 heavy (non-hydrogen) atoms. The lowest BCUT2D eigenvalue weighted by Crippen LogP contribution is -2.27. The largest absolute Gasteiger partial charge is 0.481 e. The van der Waals surface area contributed by atoms with Gasteiger partial charge in [0, 0.05) is 13.2 Å². The Morgan fingerprint density at radius 1 is 1.44 bits per heavy atom. The summed E-state index contributed by atoms with van der Waals surface area (Å²) in [5.41, 5.74) is 0. The third kappa shape index (κ3) is 3.81. The normalized spacial score (nSPS) is 24.9. The van der Waals surface area contributed by atoms with Crippen LogP contribution in [0.25, 0.3) is 0 Å². The van der Waals surface area contributed by atoms with Gasteiger partial charge in [0.25, 0.3) is 0 Å². The number of hydrogen-bond donors (Lipinski definition) is 3. The van der Waals surface area contributed by atoms with Gasteiger partial charge in [-0.05, 0) is 25.2 Å². The van der Waals surface area contributed by atoms with Crippen molar-refractivity contribution in [3.05, 3.63) is 0 Å². The predicted octanol–water partition coefficient (Wildman–Crippen LogP) is 0.232. The number of aliphatic hydroxyl groups is 1. The molecule has 5 heteroatoms. The van der Waals surface area contributed by atoms with Crippen molar-refractivity contribution in [1.29, 1.82) is 0 Å². The first-order valence-corrected chi connectivity index (χ1v) is 5.67. The molecule has 0 radical (unpaired) electrons. The summed E-state index contributed by atoms with van der Waals surface area (Å²) >= 11 is 0. The quantitative estimate of drug-likeness (QED) is 0.545. The van der Waals surface area contributed by atoms with E-state index < -0.39 is 11.9 Å². The SMILES string of the molecule is CC(CO)CCCNC(=O)C1CC1C(=O)O. The summed E-state index contributed by atoms with van der Waals surface area (Å²) in [5.74, 6) is -1.58. The molecule has 92 valence electrons. The molecule has 1 fully saturated rings. The first kappa shape index (κ1) is 13.0. The molecule has 5 nitrogen and oxygen atoms in total. The highest BCUT2D eigenvalue weighted by molar-refractivity contribution is 5.89. The Kier molecular flexibility index (Phi) is 4.73. The molecule has 1 amide bonds. The lowest BCUT2D eigenvalue weighted by Gasteiger charge is -2.08. The van der Waals surface area contributed by atoms with E-state index in [4.69, 9.17) is 10.2 Å². The van der Waals surface area contributed by atoms with Crippen LogP contribution in [0.2, 0.25) is 0 Å². The predicted molar refractivity (Wildman–Crippen MR) is 57.7 cm³/mol. The van der Waals surface area contributed by atoms with E-state index in [1.165, 1.54) is 0 Å². The van der Waals surface area contributed by atoms with Crippen LogP contribution in [0.5, 0.6) is 0 Å². The van der Waals surface area contributed by atoms with Gasteiger partial charge >= 0.3 is 5.97 Å². The van der Waals surface area contributed by atoms with Crippen molar-refractivity contribution in [2.45, 2.75) is 26.2 Å². The molecule has 1 aliphatic carbocycles. The molecule has 3 atom stereocenters. The standard InChI is InChI=1S/C11H19NO4/c1-7(6-13)3-2-4-12-10(14)8-5-9(8)11(15)16/h7-9,13H,2-6H2,1H3,(H,12,14)(H,15,16). The van der Waals surface area contributed by atoms with Gasteiger partial charge in [-0.2, -0.15) is 0 Å². The first-order valence-electron chi connectivity index (χ1n) is 5.67. The summed E-state index contributed by atoms with van der Waals surface area (Å²) in [6.45, 7) is 2.67. The number of hydrogen-bond acceptors (Lipinski definition) is 3. The molecular formula is C11H19NO4. The van der Waals surface area contributed by atoms with E-state index in [2.05, 4.69) is 5.32 Å². The maximum absolute atomic E-state index is 11.4. The number of carboxylic acids is 1. The Morgan fingerprint density at radius 3 is 2.62 bits per heavy atom. The summed E-state index contributed by atoms with van der Waals surface area (Å²) in [6, 6.07) is 0. The van der Waals surface area contributed by atoms with Crippen molar-refractivity contribution in [3.8, 4) is 0 Å². The van der Waals surface area contributed by atoms with Crippen LogP contribution in [0.4, 0.5) is 0 Å². The number of aliphatic carboxylic acids is 1. The first-order chi connectivity index (χ1) is 7.56. The fraction of sp³-hybridized carbons (Fsp3) is 0.818. The number of nitrogens with one attached hydrogen (secondary N) is 1. The lowest BCUT2D eigenvalue weighted by molar-refractivity contribution is -0.140. The fourth-order valence-electron chi connectivity index (χ4n) is 1.64. The van der Waals surface area contributed by atoms with Crippen LogP contribution in [0.15, 0.2) is 0 Å². The van der Waals surface area contributed by atoms with Crippen molar-refractivity contribution >= 4 is 11.9 Å². The third-order valence-corrected chi connectivity index (χ3v) is 2.93. The molecule has 0 bridgehead atoms. The van der Waals surface area contributed by atoms with E-state index in [0.717, 1.165) is 12.8 Å². The van der Waals surface area contributed by atoms with Crippen LogP contribution in [0.1, 0.15) is 26.2 Å². The van der Waals surface area contributed by atoms with Crippen molar-refractivity contribution in [1.82, 2.24) is 5.32 Å². The van der Waals surface area contributed by atoms with Crippen LogP contribution in [0, 0.1) is 17.8 Å². The molecule has 1 saturated carbocycles. The Bertz CT molecular complexity index is 267. The van der Waals surface area contributed by atoms with Crippen molar-refractivity contribution in [2.24, 2.45) is 17.8 Å². The molecule has 3 N–H and O–H groups in total. The summed E-state index contributed by atoms with van der Waals surface area (Å²) in [7, 11) is 0. The van der Waals surface area contributed by atoms with Gasteiger partial charge in [-0.1, -0.05) is 6.92 Å². The summed E-state index contributed by atoms with van der Waals surface area (Å²) in [6.07, 6.45) is 2.15. The number of carbonyl (C=O) groups excluding carboxylic acids is 1. The highest BCUT2D eigenvalue weighted by Crippen LogP contribution is 2.38. The number of aliphatic hydroxyl groups excluding tert-OH is 1. The zero-order valence-electron chi connectivity index (χ0n) is 9.48. The molecule has 1 rings (SSSR count). The molecule has 1 aliphatic rings. The van der Waals surface area contributed by atoms with Crippen LogP contribution < -0.4 is 5.32 Å². The summed E-state index contributed by atoms with van der Waals surface area (Å²) in [5, 5.41) is 20.2. The summed E-state index contributed by atoms with van der Waals surface area (Å²) in [4.78, 5) is 21.9. The number of amides is 1. The molecule has 0 spiro atoms. The van der Waals surface area contributed by atoms with E-state index in [1.807, 2.05) is 6.92 Å². The van der Waals surface area contributed by atoms with Gasteiger partial charge in [-0.15, -0.1) is 0 Å². The van der Waals surface area contributed by atoms with Crippen molar-refractivity contribution in [2.75, 3.05) is 13.2 Å². The number of rotatable bonds is 7. The Morgan fingerprint density at radius 2 is 2.12 bits per heavy atom. The van der Waals surface area contributed by atoms with Crippen molar-refractivity contribution < 1.29 is 19.8 Å². The zero-order chi connectivity index (χ0) is 12.1. The minimum atomic E-state index is -0.881. The molecule has 0 saturated heterocycles. The average Bonchev–Trinajstić information content (AvgIpc) is 3.03. The molecule has 0 aliphatic heterocycles. The van der Waals surface area contributed by atoms with E-state index in [-0.39, 0.29) is 24.3 Å². The minimum Gasteiger partial charge on any atom is -0.481 e. The van der Waals surface area contributed by atoms with Crippen molar-refractivity contribution in [3.63, 3.8) is 0 Å². The molecule has 0 aromatic carbocycles. The number of carboxylic acid groups (broad SMARTS) is 1. The molecule has 0 heterocycles. The smallest absolute Gasteiger partial charge is 0.307 e. The van der Waals surface area contributed by atoms with Crippen LogP contribution in [-0.4, -0.2) is 35.2 Å². The van der Waals surface area contributed by atoms with Crippen LogP contribution in [0.3, 0.4) is 0 Å². The van der Waals surface area contributed by atoms with Gasteiger partial charge in [0.05, 0.1) is 11.8 Å². The molecule has 3 unspecified atom stereocenters. The monoisotopic (exact) mass is 229 g/mol. The molecular weight excluding hydrogens is 210 g/mol. The fourth-order valence-corrected chi connectivity index (χ4v) is 1.64. The maximum atomic E-state index is 11.4. The Balaban J connectivity index is 2.06. The van der Waals surface area contributed by atoms with E-state index in [1.54, 1.807) is 0 Å². The Labute approximate surface area is 94.8 Å². The van der Waals surface area contributed by atoms with Gasteiger partial charge < -0.3 is 15.5 Å². The van der Waals surface area contributed by atoms with Gasteiger partial charge in [-0.3, -0.25) is 9.59 Å². The second-order valence-electron chi connectivity index (χ2n) is 4.51. The van der Waals surface area contributed by atoms with E-state index in [9.17, 15) is 9.59 Å². The number of carbonyl (C=O) groups is 2. The molecule has 0 aromatic heterocycles.